The Bertz CT molecular complexity index is 1140. The Morgan fingerprint density at radius 3 is 2.76 bits per heavy atom. The molecule has 2 heterocycles. The van der Waals surface area contributed by atoms with Crippen molar-refractivity contribution >= 4 is 46.0 Å². The van der Waals surface area contributed by atoms with Crippen LogP contribution in [0.15, 0.2) is 58.1 Å². The molecule has 1 aliphatic heterocycles. The van der Waals surface area contributed by atoms with Gasteiger partial charge in [-0.05, 0) is 50.6 Å². The zero-order valence-corrected chi connectivity index (χ0v) is 17.5. The molecule has 0 fully saturated rings. The van der Waals surface area contributed by atoms with E-state index in [0.29, 0.717) is 10.6 Å². The maximum Gasteiger partial charge on any atom is 0.307 e. The van der Waals surface area contributed by atoms with E-state index in [0.717, 1.165) is 22.2 Å². The SMILES string of the molecule is CC1=CC(C)(C)N(C)c2cc(Cl)c(/C=N/NC(=O)c3cc4ccccc4o3)cc21. The van der Waals surface area contributed by atoms with Gasteiger partial charge in [0.05, 0.1) is 16.8 Å². The molecule has 0 radical (unpaired) electrons. The molecule has 0 bridgehead atoms. The Kier molecular flexibility index (Phi) is 4.71. The van der Waals surface area contributed by atoms with Gasteiger partial charge in [-0.25, -0.2) is 5.43 Å². The first kappa shape index (κ1) is 19.3. The van der Waals surface area contributed by atoms with E-state index in [1.54, 1.807) is 12.3 Å². The maximum atomic E-state index is 12.3. The first-order chi connectivity index (χ1) is 13.8. The Labute approximate surface area is 174 Å². The average molecular weight is 408 g/mol. The quantitative estimate of drug-likeness (QED) is 0.462. The van der Waals surface area contributed by atoms with Crippen LogP contribution in [-0.2, 0) is 0 Å². The van der Waals surface area contributed by atoms with Gasteiger partial charge in [-0.2, -0.15) is 5.10 Å². The van der Waals surface area contributed by atoms with Gasteiger partial charge in [-0.1, -0.05) is 35.9 Å². The molecule has 29 heavy (non-hydrogen) atoms. The number of likely N-dealkylation sites (N-methyl/N-ethyl adjacent to an activating group) is 1. The minimum absolute atomic E-state index is 0.0867. The van der Waals surface area contributed by atoms with E-state index in [9.17, 15) is 4.79 Å². The largest absolute Gasteiger partial charge is 0.451 e. The van der Waals surface area contributed by atoms with Crippen molar-refractivity contribution in [3.05, 3.63) is 70.5 Å². The summed E-state index contributed by atoms with van der Waals surface area (Å²) < 4.78 is 5.55. The highest BCUT2D eigenvalue weighted by Gasteiger charge is 2.29. The van der Waals surface area contributed by atoms with E-state index in [4.69, 9.17) is 16.0 Å². The van der Waals surface area contributed by atoms with Gasteiger partial charge in [-0.15, -0.1) is 0 Å². The fraction of sp³-hybridized carbons (Fsp3) is 0.217. The normalized spacial score (nSPS) is 15.5. The Morgan fingerprint density at radius 2 is 2.00 bits per heavy atom. The number of carbonyl (C=O) groups excluding carboxylic acids is 1. The molecule has 1 aromatic heterocycles. The second-order valence-electron chi connectivity index (χ2n) is 7.78. The molecular weight excluding hydrogens is 386 g/mol. The summed E-state index contributed by atoms with van der Waals surface area (Å²) in [4.78, 5) is 14.5. The fourth-order valence-corrected chi connectivity index (χ4v) is 3.80. The van der Waals surface area contributed by atoms with E-state index < -0.39 is 5.91 Å². The molecular formula is C23H22ClN3O2. The molecule has 0 unspecified atom stereocenters. The molecule has 1 amide bonds. The Balaban J connectivity index is 1.56. The summed E-state index contributed by atoms with van der Waals surface area (Å²) in [5.74, 6) is -0.202. The molecule has 0 aliphatic carbocycles. The van der Waals surface area contributed by atoms with Crippen LogP contribution in [0.25, 0.3) is 16.5 Å². The standard InChI is InChI=1S/C23H22ClN3O2/c1-14-12-23(2,3)27(4)19-11-18(24)16(9-17(14)19)13-25-26-22(28)21-10-15-7-5-6-8-20(15)29-21/h5-13H,1-4H3,(H,26,28)/b25-13+. The lowest BCUT2D eigenvalue weighted by Gasteiger charge is -2.40. The highest BCUT2D eigenvalue weighted by atomic mass is 35.5. The molecule has 4 rings (SSSR count). The number of amides is 1. The zero-order chi connectivity index (χ0) is 20.8. The molecule has 1 aliphatic rings. The van der Waals surface area contributed by atoms with Crippen LogP contribution in [0.3, 0.4) is 0 Å². The highest BCUT2D eigenvalue weighted by Crippen LogP contribution is 2.40. The number of nitrogens with zero attached hydrogens (tertiary/aromatic N) is 2. The van der Waals surface area contributed by atoms with Crippen LogP contribution in [0.1, 0.15) is 42.5 Å². The van der Waals surface area contributed by atoms with Crippen molar-refractivity contribution in [1.29, 1.82) is 0 Å². The summed E-state index contributed by atoms with van der Waals surface area (Å²) in [6, 6.07) is 13.1. The number of allylic oxidation sites excluding steroid dienone is 1. The molecule has 0 saturated heterocycles. The van der Waals surface area contributed by atoms with Crippen LogP contribution in [0.5, 0.6) is 0 Å². The molecule has 0 saturated carbocycles. The third kappa shape index (κ3) is 3.54. The van der Waals surface area contributed by atoms with Crippen molar-refractivity contribution < 1.29 is 9.21 Å². The minimum atomic E-state index is -0.413. The summed E-state index contributed by atoms with van der Waals surface area (Å²) >= 11 is 6.48. The third-order valence-corrected chi connectivity index (χ3v) is 5.68. The number of para-hydroxylation sites is 1. The van der Waals surface area contributed by atoms with Crippen molar-refractivity contribution in [2.45, 2.75) is 26.3 Å². The smallest absolute Gasteiger partial charge is 0.307 e. The highest BCUT2D eigenvalue weighted by molar-refractivity contribution is 6.33. The zero-order valence-electron chi connectivity index (χ0n) is 16.8. The van der Waals surface area contributed by atoms with Gasteiger partial charge in [0, 0.05) is 29.2 Å². The first-order valence-corrected chi connectivity index (χ1v) is 9.73. The topological polar surface area (TPSA) is 57.8 Å². The number of fused-ring (bicyclic) bond motifs is 2. The van der Waals surface area contributed by atoms with Crippen LogP contribution in [-0.4, -0.2) is 24.7 Å². The van der Waals surface area contributed by atoms with Crippen LogP contribution in [0.4, 0.5) is 5.69 Å². The number of nitrogens with one attached hydrogen (secondary N) is 1. The van der Waals surface area contributed by atoms with E-state index in [-0.39, 0.29) is 11.3 Å². The summed E-state index contributed by atoms with van der Waals surface area (Å²) in [5.41, 5.74) is 7.16. The summed E-state index contributed by atoms with van der Waals surface area (Å²) in [6.45, 7) is 6.42. The second kappa shape index (κ2) is 7.08. The number of furan rings is 1. The summed E-state index contributed by atoms with van der Waals surface area (Å²) in [5, 5.41) is 5.51. The number of anilines is 1. The van der Waals surface area contributed by atoms with Crippen molar-refractivity contribution in [2.24, 2.45) is 5.10 Å². The van der Waals surface area contributed by atoms with Gasteiger partial charge >= 0.3 is 5.91 Å². The summed E-state index contributed by atoms with van der Waals surface area (Å²) in [6.07, 6.45) is 3.78. The second-order valence-corrected chi connectivity index (χ2v) is 8.19. The van der Waals surface area contributed by atoms with Crippen LogP contribution in [0.2, 0.25) is 5.02 Å². The number of carbonyl (C=O) groups is 1. The monoisotopic (exact) mass is 407 g/mol. The van der Waals surface area contributed by atoms with Gasteiger partial charge in [0.15, 0.2) is 5.76 Å². The molecule has 0 atom stereocenters. The molecule has 2 aromatic carbocycles. The van der Waals surface area contributed by atoms with Crippen LogP contribution in [0, 0.1) is 0 Å². The van der Waals surface area contributed by atoms with E-state index in [2.05, 4.69) is 49.3 Å². The van der Waals surface area contributed by atoms with Gasteiger partial charge in [-0.3, -0.25) is 4.79 Å². The predicted octanol–water partition coefficient (Wildman–Crippen LogP) is 5.48. The maximum absolute atomic E-state index is 12.3. The van der Waals surface area contributed by atoms with E-state index in [1.165, 1.54) is 5.57 Å². The molecule has 0 spiro atoms. The van der Waals surface area contributed by atoms with Crippen LogP contribution < -0.4 is 10.3 Å². The average Bonchev–Trinajstić information content (AvgIpc) is 3.11. The van der Waals surface area contributed by atoms with E-state index >= 15 is 0 Å². The van der Waals surface area contributed by atoms with E-state index in [1.807, 2.05) is 36.4 Å². The predicted molar refractivity (Wildman–Crippen MR) is 119 cm³/mol. The number of halogens is 1. The lowest BCUT2D eigenvalue weighted by Crippen LogP contribution is -2.42. The lowest BCUT2D eigenvalue weighted by molar-refractivity contribution is 0.0929. The molecule has 6 heteroatoms. The van der Waals surface area contributed by atoms with Gasteiger partial charge in [0.25, 0.3) is 0 Å². The third-order valence-electron chi connectivity index (χ3n) is 5.35. The van der Waals surface area contributed by atoms with Gasteiger partial charge in [0.1, 0.15) is 5.58 Å². The number of rotatable bonds is 3. The minimum Gasteiger partial charge on any atom is -0.451 e. The fourth-order valence-electron chi connectivity index (χ4n) is 3.60. The van der Waals surface area contributed by atoms with Crippen LogP contribution >= 0.6 is 11.6 Å². The van der Waals surface area contributed by atoms with Crippen molar-refractivity contribution in [1.82, 2.24) is 5.43 Å². The van der Waals surface area contributed by atoms with Gasteiger partial charge < -0.3 is 9.32 Å². The van der Waals surface area contributed by atoms with Crippen molar-refractivity contribution in [2.75, 3.05) is 11.9 Å². The van der Waals surface area contributed by atoms with Crippen molar-refractivity contribution in [3.63, 3.8) is 0 Å². The summed E-state index contributed by atoms with van der Waals surface area (Å²) in [7, 11) is 2.05. The first-order valence-electron chi connectivity index (χ1n) is 9.35. The Hall–Kier alpha value is -3.05. The molecule has 5 nitrogen and oxygen atoms in total. The van der Waals surface area contributed by atoms with Gasteiger partial charge in [0.2, 0.25) is 0 Å². The number of benzene rings is 2. The molecule has 3 aromatic rings. The number of hydrogen-bond donors (Lipinski definition) is 1. The van der Waals surface area contributed by atoms with Crippen molar-refractivity contribution in [3.8, 4) is 0 Å². The molecule has 1 N–H and O–H groups in total. The number of hydrazone groups is 1. The molecule has 148 valence electrons. The number of hydrogen-bond acceptors (Lipinski definition) is 4. The lowest BCUT2D eigenvalue weighted by atomic mass is 9.88. The Morgan fingerprint density at radius 1 is 1.24 bits per heavy atom.